The Morgan fingerprint density at radius 1 is 1.20 bits per heavy atom. The van der Waals surface area contributed by atoms with Crippen molar-refractivity contribution in [2.45, 2.75) is 31.9 Å². The van der Waals surface area contributed by atoms with Crippen LogP contribution in [-0.4, -0.2) is 64.9 Å². The number of hydrogen-bond donors (Lipinski definition) is 1. The SMILES string of the molecule is O=C(c1cccnc1)N1CC(O)CC2(CCN(Cc3cccc4c3OCO4)CC2)C1. The number of amides is 1. The molecule has 2 fully saturated rings. The van der Waals surface area contributed by atoms with Crippen molar-refractivity contribution in [3.63, 3.8) is 0 Å². The van der Waals surface area contributed by atoms with E-state index in [-0.39, 0.29) is 18.1 Å². The third-order valence-electron chi connectivity index (χ3n) is 6.61. The number of benzene rings is 1. The summed E-state index contributed by atoms with van der Waals surface area (Å²) in [5.41, 5.74) is 1.71. The molecule has 1 atom stereocenters. The highest BCUT2D eigenvalue weighted by Crippen LogP contribution is 2.42. The molecule has 0 radical (unpaired) electrons. The van der Waals surface area contributed by atoms with E-state index in [0.717, 1.165) is 56.0 Å². The summed E-state index contributed by atoms with van der Waals surface area (Å²) in [4.78, 5) is 21.2. The van der Waals surface area contributed by atoms with Crippen LogP contribution in [0.1, 0.15) is 35.2 Å². The van der Waals surface area contributed by atoms with Crippen LogP contribution in [0.2, 0.25) is 0 Å². The maximum Gasteiger partial charge on any atom is 0.255 e. The number of aliphatic hydroxyl groups is 1. The number of carbonyl (C=O) groups excluding carboxylic acids is 1. The Morgan fingerprint density at radius 3 is 2.87 bits per heavy atom. The fourth-order valence-corrected chi connectivity index (χ4v) is 5.08. The zero-order valence-electron chi connectivity index (χ0n) is 17.0. The van der Waals surface area contributed by atoms with Crippen molar-refractivity contribution < 1.29 is 19.4 Å². The molecule has 1 amide bonds. The Kier molecular flexibility index (Phi) is 5.08. The molecule has 2 aromatic rings. The number of likely N-dealkylation sites (tertiary alicyclic amines) is 2. The molecule has 3 aliphatic heterocycles. The number of para-hydroxylation sites is 1. The van der Waals surface area contributed by atoms with Crippen molar-refractivity contribution >= 4 is 5.91 Å². The molecule has 1 aromatic carbocycles. The highest BCUT2D eigenvalue weighted by molar-refractivity contribution is 5.94. The van der Waals surface area contributed by atoms with Gasteiger partial charge in [-0.15, -0.1) is 0 Å². The number of ether oxygens (including phenoxy) is 2. The predicted molar refractivity (Wildman–Crippen MR) is 110 cm³/mol. The Bertz CT molecular complexity index is 912. The van der Waals surface area contributed by atoms with E-state index >= 15 is 0 Å². The first-order valence-corrected chi connectivity index (χ1v) is 10.6. The van der Waals surface area contributed by atoms with Crippen LogP contribution in [0.25, 0.3) is 0 Å². The van der Waals surface area contributed by atoms with Crippen LogP contribution in [0.5, 0.6) is 11.5 Å². The van der Waals surface area contributed by atoms with Crippen LogP contribution in [0.15, 0.2) is 42.7 Å². The van der Waals surface area contributed by atoms with Gasteiger partial charge in [0, 0.05) is 37.6 Å². The molecule has 0 bridgehead atoms. The molecule has 158 valence electrons. The minimum absolute atomic E-state index is 0.0235. The van der Waals surface area contributed by atoms with E-state index in [1.165, 1.54) is 0 Å². The van der Waals surface area contributed by atoms with E-state index in [1.54, 1.807) is 24.5 Å². The smallest absolute Gasteiger partial charge is 0.255 e. The van der Waals surface area contributed by atoms with Crippen molar-refractivity contribution in [1.29, 1.82) is 0 Å². The quantitative estimate of drug-likeness (QED) is 0.839. The molecular formula is C23H27N3O4. The summed E-state index contributed by atoms with van der Waals surface area (Å²) in [5.74, 6) is 1.64. The molecule has 1 aromatic heterocycles. The molecule has 0 aliphatic carbocycles. The zero-order valence-corrected chi connectivity index (χ0v) is 17.0. The average molecular weight is 409 g/mol. The fraction of sp³-hybridized carbons (Fsp3) is 0.478. The third kappa shape index (κ3) is 3.75. The molecule has 7 heteroatoms. The molecule has 0 saturated carbocycles. The fourth-order valence-electron chi connectivity index (χ4n) is 5.08. The van der Waals surface area contributed by atoms with Crippen molar-refractivity contribution in [3.05, 3.63) is 53.9 Å². The number of fused-ring (bicyclic) bond motifs is 1. The Hall–Kier alpha value is -2.64. The summed E-state index contributed by atoms with van der Waals surface area (Å²) in [6, 6.07) is 9.60. The molecule has 5 rings (SSSR count). The monoisotopic (exact) mass is 409 g/mol. The highest BCUT2D eigenvalue weighted by Gasteiger charge is 2.43. The first-order chi connectivity index (χ1) is 14.6. The van der Waals surface area contributed by atoms with Gasteiger partial charge in [-0.3, -0.25) is 14.7 Å². The van der Waals surface area contributed by atoms with E-state index in [2.05, 4.69) is 16.0 Å². The summed E-state index contributed by atoms with van der Waals surface area (Å²) >= 11 is 0. The normalized spacial score (nSPS) is 23.0. The lowest BCUT2D eigenvalue weighted by Crippen LogP contribution is -2.55. The number of carbonyl (C=O) groups is 1. The van der Waals surface area contributed by atoms with Gasteiger partial charge in [-0.25, -0.2) is 0 Å². The van der Waals surface area contributed by atoms with E-state index in [0.29, 0.717) is 18.7 Å². The lowest BCUT2D eigenvalue weighted by atomic mass is 9.71. The van der Waals surface area contributed by atoms with Gasteiger partial charge in [-0.1, -0.05) is 12.1 Å². The first kappa shape index (κ1) is 19.3. The van der Waals surface area contributed by atoms with Crippen molar-refractivity contribution in [1.82, 2.24) is 14.8 Å². The highest BCUT2D eigenvalue weighted by atomic mass is 16.7. The summed E-state index contributed by atoms with van der Waals surface area (Å²) < 4.78 is 11.1. The van der Waals surface area contributed by atoms with Crippen LogP contribution in [0.3, 0.4) is 0 Å². The molecule has 1 N–H and O–H groups in total. The molecule has 7 nitrogen and oxygen atoms in total. The zero-order chi connectivity index (χ0) is 20.6. The second-order valence-corrected chi connectivity index (χ2v) is 8.71. The van der Waals surface area contributed by atoms with Gasteiger partial charge in [-0.2, -0.15) is 0 Å². The maximum absolute atomic E-state index is 12.9. The average Bonchev–Trinajstić information content (AvgIpc) is 3.25. The second-order valence-electron chi connectivity index (χ2n) is 8.71. The molecular weight excluding hydrogens is 382 g/mol. The van der Waals surface area contributed by atoms with Crippen LogP contribution >= 0.6 is 0 Å². The van der Waals surface area contributed by atoms with Gasteiger partial charge in [0.05, 0.1) is 11.7 Å². The Morgan fingerprint density at radius 2 is 2.07 bits per heavy atom. The van der Waals surface area contributed by atoms with Gasteiger partial charge in [-0.05, 0) is 56.0 Å². The van der Waals surface area contributed by atoms with E-state index in [1.807, 2.05) is 17.0 Å². The minimum Gasteiger partial charge on any atom is -0.454 e. The maximum atomic E-state index is 12.9. The molecule has 2 saturated heterocycles. The Balaban J connectivity index is 1.24. The van der Waals surface area contributed by atoms with Gasteiger partial charge in [0.2, 0.25) is 6.79 Å². The minimum atomic E-state index is -0.478. The van der Waals surface area contributed by atoms with Crippen molar-refractivity contribution in [2.75, 3.05) is 33.0 Å². The van der Waals surface area contributed by atoms with Gasteiger partial charge < -0.3 is 19.5 Å². The number of aromatic nitrogens is 1. The molecule has 1 unspecified atom stereocenters. The van der Waals surface area contributed by atoms with Crippen molar-refractivity contribution in [2.24, 2.45) is 5.41 Å². The van der Waals surface area contributed by atoms with Gasteiger partial charge in [0.15, 0.2) is 11.5 Å². The van der Waals surface area contributed by atoms with E-state index in [9.17, 15) is 9.90 Å². The lowest BCUT2D eigenvalue weighted by molar-refractivity contribution is -0.0338. The summed E-state index contributed by atoms with van der Waals surface area (Å²) in [6.07, 6.45) is 5.48. The molecule has 1 spiro atoms. The molecule has 4 heterocycles. The van der Waals surface area contributed by atoms with Crippen LogP contribution in [0, 0.1) is 5.41 Å². The van der Waals surface area contributed by atoms with Gasteiger partial charge in [0.25, 0.3) is 5.91 Å². The van der Waals surface area contributed by atoms with Gasteiger partial charge >= 0.3 is 0 Å². The lowest BCUT2D eigenvalue weighted by Gasteiger charge is -2.49. The standard InChI is InChI=1S/C23H27N3O4/c27-19-11-23(15-26(14-19)22(28)17-4-2-8-24-12-17)6-9-25(10-7-23)13-18-3-1-5-20-21(18)30-16-29-20/h1-5,8,12,19,27H,6-7,9-11,13-16H2. The predicted octanol–water partition coefficient (Wildman–Crippen LogP) is 2.30. The number of hydrogen-bond acceptors (Lipinski definition) is 6. The number of β-amino-alcohol motifs (C(OH)–C–C–N with tert-alkyl or cyclic N) is 1. The van der Waals surface area contributed by atoms with Gasteiger partial charge in [0.1, 0.15) is 0 Å². The van der Waals surface area contributed by atoms with E-state index < -0.39 is 6.10 Å². The topological polar surface area (TPSA) is 75.1 Å². The summed E-state index contributed by atoms with van der Waals surface area (Å²) in [5, 5.41) is 10.5. The second kappa shape index (κ2) is 7.89. The number of pyridine rings is 1. The number of aliphatic hydroxyl groups excluding tert-OH is 1. The number of rotatable bonds is 3. The number of nitrogens with zero attached hydrogens (tertiary/aromatic N) is 3. The largest absolute Gasteiger partial charge is 0.454 e. The number of piperidine rings is 2. The molecule has 30 heavy (non-hydrogen) atoms. The molecule has 3 aliphatic rings. The first-order valence-electron chi connectivity index (χ1n) is 10.6. The van der Waals surface area contributed by atoms with Crippen LogP contribution in [-0.2, 0) is 6.54 Å². The summed E-state index contributed by atoms with van der Waals surface area (Å²) in [7, 11) is 0. The third-order valence-corrected chi connectivity index (χ3v) is 6.61. The van der Waals surface area contributed by atoms with Crippen LogP contribution in [0.4, 0.5) is 0 Å². The Labute approximate surface area is 176 Å². The van der Waals surface area contributed by atoms with Crippen LogP contribution < -0.4 is 9.47 Å². The summed E-state index contributed by atoms with van der Waals surface area (Å²) in [6.45, 7) is 4.08. The van der Waals surface area contributed by atoms with Crippen molar-refractivity contribution in [3.8, 4) is 11.5 Å². The van der Waals surface area contributed by atoms with E-state index in [4.69, 9.17) is 9.47 Å².